The van der Waals surface area contributed by atoms with E-state index in [1.807, 2.05) is 26.0 Å². The van der Waals surface area contributed by atoms with Gasteiger partial charge < -0.3 is 14.2 Å². The van der Waals surface area contributed by atoms with Gasteiger partial charge in [-0.25, -0.2) is 9.78 Å². The van der Waals surface area contributed by atoms with Gasteiger partial charge in [0.2, 0.25) is 0 Å². The fraction of sp³-hybridized carbons (Fsp3) is 0.333. The van der Waals surface area contributed by atoms with E-state index in [-0.39, 0.29) is 24.7 Å². The molecule has 3 aromatic rings. The molecule has 1 heterocycles. The molecule has 34 heavy (non-hydrogen) atoms. The van der Waals surface area contributed by atoms with Crippen LogP contribution in [0.5, 0.6) is 11.5 Å². The van der Waals surface area contributed by atoms with Crippen LogP contribution in [0, 0.1) is 0 Å². The Balaban J connectivity index is 2.02. The molecule has 0 aliphatic heterocycles. The molecule has 0 saturated heterocycles. The third-order valence-electron chi connectivity index (χ3n) is 5.10. The number of hydrogen-bond donors (Lipinski definition) is 0. The van der Waals surface area contributed by atoms with Gasteiger partial charge in [0.25, 0.3) is 5.56 Å². The highest BCUT2D eigenvalue weighted by atomic mass is 79.9. The van der Waals surface area contributed by atoms with E-state index in [1.165, 1.54) is 11.8 Å². The van der Waals surface area contributed by atoms with Gasteiger partial charge in [0.05, 0.1) is 35.3 Å². The number of hydrogen-bond acceptors (Lipinski definition) is 7. The molecule has 2 aromatic carbocycles. The molecule has 0 aliphatic carbocycles. The number of benzene rings is 2. The highest BCUT2D eigenvalue weighted by molar-refractivity contribution is 9.10. The molecular weight excluding hydrogens is 570 g/mol. The fourth-order valence-corrected chi connectivity index (χ4v) is 4.13. The summed E-state index contributed by atoms with van der Waals surface area (Å²) in [5.41, 5.74) is 1.03. The molecule has 0 N–H and O–H groups in total. The smallest absolute Gasteiger partial charge is 0.344 e. The van der Waals surface area contributed by atoms with Crippen LogP contribution in [0.25, 0.3) is 10.9 Å². The van der Waals surface area contributed by atoms with Gasteiger partial charge in [-0.3, -0.25) is 4.79 Å². The minimum atomic E-state index is -0.477. The van der Waals surface area contributed by atoms with Crippen LogP contribution in [0.15, 0.2) is 49.2 Å². The van der Waals surface area contributed by atoms with E-state index >= 15 is 0 Å². The van der Waals surface area contributed by atoms with Crippen LogP contribution < -0.4 is 15.0 Å². The van der Waals surface area contributed by atoms with Crippen LogP contribution >= 0.6 is 31.9 Å². The molecule has 10 heteroatoms. The number of rotatable bonds is 9. The molecule has 1 aromatic heterocycles. The monoisotopic (exact) mass is 593 g/mol. The van der Waals surface area contributed by atoms with Crippen LogP contribution in [-0.4, -0.2) is 42.2 Å². The molecule has 0 radical (unpaired) electrons. The molecule has 1 atom stereocenters. The van der Waals surface area contributed by atoms with Crippen molar-refractivity contribution in [3.05, 3.63) is 61.0 Å². The van der Waals surface area contributed by atoms with Crippen molar-refractivity contribution in [2.75, 3.05) is 20.3 Å². The van der Waals surface area contributed by atoms with Crippen LogP contribution in [-0.2, 0) is 9.53 Å². The lowest BCUT2D eigenvalue weighted by Crippen LogP contribution is -2.23. The third-order valence-corrected chi connectivity index (χ3v) is 6.18. The van der Waals surface area contributed by atoms with Crippen molar-refractivity contribution < 1.29 is 19.0 Å². The van der Waals surface area contributed by atoms with E-state index in [2.05, 4.69) is 37.0 Å². The average Bonchev–Trinajstić information content (AvgIpc) is 2.82. The van der Waals surface area contributed by atoms with Gasteiger partial charge in [0, 0.05) is 10.4 Å². The first-order chi connectivity index (χ1) is 16.3. The summed E-state index contributed by atoms with van der Waals surface area (Å²) in [6.07, 6.45) is 2.36. The number of carbonyl (C=O) groups excluding carboxylic acids is 1. The fourth-order valence-electron chi connectivity index (χ4n) is 3.19. The first kappa shape index (κ1) is 25.9. The lowest BCUT2D eigenvalue weighted by molar-refractivity contribution is -0.145. The summed E-state index contributed by atoms with van der Waals surface area (Å²) >= 11 is 6.87. The van der Waals surface area contributed by atoms with E-state index in [1.54, 1.807) is 31.3 Å². The normalized spacial score (nSPS) is 12.2. The molecule has 0 unspecified atom stereocenters. The molecule has 0 fully saturated rings. The minimum absolute atomic E-state index is 0.0258. The number of esters is 1. The molecule has 3 rings (SSSR count). The number of aromatic nitrogens is 2. The van der Waals surface area contributed by atoms with Gasteiger partial charge in [-0.2, -0.15) is 9.78 Å². The summed E-state index contributed by atoms with van der Waals surface area (Å²) in [6, 6.07) is 8.88. The lowest BCUT2D eigenvalue weighted by atomic mass is 10.1. The van der Waals surface area contributed by atoms with Crippen LogP contribution in [0.3, 0.4) is 0 Å². The Morgan fingerprint density at radius 1 is 1.24 bits per heavy atom. The summed E-state index contributed by atoms with van der Waals surface area (Å²) in [5, 5.41) is 4.95. The van der Waals surface area contributed by atoms with Crippen molar-refractivity contribution in [1.82, 2.24) is 9.66 Å². The zero-order valence-electron chi connectivity index (χ0n) is 19.3. The Bertz CT molecular complexity index is 1290. The molecule has 0 aliphatic rings. The first-order valence-corrected chi connectivity index (χ1v) is 12.3. The highest BCUT2D eigenvalue weighted by Crippen LogP contribution is 2.36. The average molecular weight is 595 g/mol. The van der Waals surface area contributed by atoms with E-state index in [4.69, 9.17) is 19.2 Å². The van der Waals surface area contributed by atoms with Crippen LogP contribution in [0.1, 0.15) is 44.5 Å². The minimum Gasteiger partial charge on any atom is -0.493 e. The topological polar surface area (TPSA) is 92.0 Å². The van der Waals surface area contributed by atoms with E-state index in [9.17, 15) is 9.59 Å². The molecule has 8 nitrogen and oxygen atoms in total. The molecule has 180 valence electrons. The van der Waals surface area contributed by atoms with Gasteiger partial charge in [0.15, 0.2) is 18.1 Å². The van der Waals surface area contributed by atoms with Gasteiger partial charge >= 0.3 is 5.97 Å². The number of halogens is 2. The summed E-state index contributed by atoms with van der Waals surface area (Å²) < 4.78 is 18.6. The summed E-state index contributed by atoms with van der Waals surface area (Å²) in [7, 11) is 1.50. The van der Waals surface area contributed by atoms with Crippen LogP contribution in [0.4, 0.5) is 0 Å². The standard InChI is InChI=1S/C24H25Br2N3O5/c1-5-14(3)23-28-19-8-7-16(25)11-17(19)24(31)29(23)27-12-15-9-18(26)22(20(10-15)32-4)34-13-21(30)33-6-2/h7-12,14H,5-6,13H2,1-4H3/t14-/m1/s1. The van der Waals surface area contributed by atoms with Crippen molar-refractivity contribution in [3.63, 3.8) is 0 Å². The molecule has 0 spiro atoms. The van der Waals surface area contributed by atoms with Gasteiger partial charge in [-0.15, -0.1) is 0 Å². The summed E-state index contributed by atoms with van der Waals surface area (Å²) in [5.74, 6) is 0.892. The summed E-state index contributed by atoms with van der Waals surface area (Å²) in [6.45, 7) is 5.79. The third kappa shape index (κ3) is 5.85. The van der Waals surface area contributed by atoms with E-state index < -0.39 is 5.97 Å². The molecular formula is C24H25Br2N3O5. The maximum Gasteiger partial charge on any atom is 0.344 e. The predicted molar refractivity (Wildman–Crippen MR) is 138 cm³/mol. The summed E-state index contributed by atoms with van der Waals surface area (Å²) in [4.78, 5) is 29.6. The maximum absolute atomic E-state index is 13.3. The van der Waals surface area contributed by atoms with Crippen molar-refractivity contribution in [2.45, 2.75) is 33.1 Å². The highest BCUT2D eigenvalue weighted by Gasteiger charge is 2.17. The zero-order valence-corrected chi connectivity index (χ0v) is 22.5. The second kappa shape index (κ2) is 11.6. The second-order valence-electron chi connectivity index (χ2n) is 7.43. The first-order valence-electron chi connectivity index (χ1n) is 10.7. The maximum atomic E-state index is 13.3. The number of fused-ring (bicyclic) bond motifs is 1. The van der Waals surface area contributed by atoms with Gasteiger partial charge in [0.1, 0.15) is 5.82 Å². The Hall–Kier alpha value is -2.72. The SMILES string of the molecule is CCOC(=O)COc1c(Br)cc(C=Nn2c([C@H](C)CC)nc3ccc(Br)cc3c2=O)cc1OC. The second-order valence-corrected chi connectivity index (χ2v) is 9.20. The van der Waals surface area contributed by atoms with Crippen molar-refractivity contribution in [2.24, 2.45) is 5.10 Å². The molecule has 0 amide bonds. The van der Waals surface area contributed by atoms with E-state index in [0.29, 0.717) is 38.3 Å². The number of nitrogens with zero attached hydrogens (tertiary/aromatic N) is 3. The number of methoxy groups -OCH3 is 1. The Morgan fingerprint density at radius 2 is 2.00 bits per heavy atom. The Morgan fingerprint density at radius 3 is 2.68 bits per heavy atom. The van der Waals surface area contributed by atoms with Gasteiger partial charge in [-0.1, -0.05) is 29.8 Å². The van der Waals surface area contributed by atoms with E-state index in [0.717, 1.165) is 10.9 Å². The van der Waals surface area contributed by atoms with Crippen molar-refractivity contribution in [1.29, 1.82) is 0 Å². The zero-order chi connectivity index (χ0) is 24.8. The Labute approximate surface area is 214 Å². The van der Waals surface area contributed by atoms with Crippen LogP contribution in [0.2, 0.25) is 0 Å². The Kier molecular flexibility index (Phi) is 8.84. The predicted octanol–water partition coefficient (Wildman–Crippen LogP) is 5.27. The van der Waals surface area contributed by atoms with Crippen molar-refractivity contribution in [3.8, 4) is 11.5 Å². The lowest BCUT2D eigenvalue weighted by Gasteiger charge is -2.14. The number of ether oxygens (including phenoxy) is 3. The van der Waals surface area contributed by atoms with Gasteiger partial charge in [-0.05, 0) is 65.2 Å². The largest absolute Gasteiger partial charge is 0.493 e. The molecule has 0 bridgehead atoms. The molecule has 0 saturated carbocycles. The van der Waals surface area contributed by atoms with Crippen molar-refractivity contribution >= 4 is 54.9 Å². The quantitative estimate of drug-likeness (QED) is 0.248. The number of carbonyl (C=O) groups is 1.